The van der Waals surface area contributed by atoms with E-state index >= 15 is 0 Å². The van der Waals surface area contributed by atoms with Crippen molar-refractivity contribution in [2.75, 3.05) is 10.1 Å². The molecular formula is C33H29F2N7O5S. The zero-order chi connectivity index (χ0) is 34.7. The van der Waals surface area contributed by atoms with E-state index < -0.39 is 33.7 Å². The summed E-state index contributed by atoms with van der Waals surface area (Å²) in [5.41, 5.74) is 4.38. The number of anilines is 2. The summed E-state index contributed by atoms with van der Waals surface area (Å²) in [6.07, 6.45) is 0. The van der Waals surface area contributed by atoms with Gasteiger partial charge in [0.05, 0.1) is 22.0 Å². The van der Waals surface area contributed by atoms with E-state index in [1.807, 2.05) is 0 Å². The van der Waals surface area contributed by atoms with Gasteiger partial charge in [0.2, 0.25) is 11.5 Å². The molecule has 3 aromatic carbocycles. The third-order valence-corrected chi connectivity index (χ3v) is 8.90. The number of rotatable bonds is 11. The molecule has 0 amide bonds. The molecule has 2 N–H and O–H groups in total. The lowest BCUT2D eigenvalue weighted by Gasteiger charge is -2.11. The highest BCUT2D eigenvalue weighted by Gasteiger charge is 2.24. The van der Waals surface area contributed by atoms with E-state index in [2.05, 4.69) is 20.0 Å². The number of nitrogens with one attached hydrogen (secondary N) is 2. The molecule has 0 aliphatic rings. The van der Waals surface area contributed by atoms with E-state index in [0.29, 0.717) is 28.5 Å². The molecule has 15 heteroatoms. The van der Waals surface area contributed by atoms with Gasteiger partial charge in [-0.15, -0.1) is 0 Å². The van der Waals surface area contributed by atoms with Gasteiger partial charge in [-0.2, -0.15) is 19.1 Å². The fraction of sp³-hybridized carbons (Fsp3) is 0.152. The minimum atomic E-state index is -4.26. The molecule has 0 saturated heterocycles. The Morgan fingerprint density at radius 2 is 1.62 bits per heavy atom. The first kappa shape index (κ1) is 33.4. The number of aromatic nitrogens is 3. The maximum Gasteiger partial charge on any atom is 0.387 e. The summed E-state index contributed by atoms with van der Waals surface area (Å²) in [6, 6.07) is 23.5. The van der Waals surface area contributed by atoms with Crippen molar-refractivity contribution in [2.24, 2.45) is 12.1 Å². The van der Waals surface area contributed by atoms with Crippen LogP contribution in [-0.4, -0.2) is 40.5 Å². The van der Waals surface area contributed by atoms with Crippen molar-refractivity contribution < 1.29 is 26.7 Å². The zero-order valence-corrected chi connectivity index (χ0v) is 26.9. The number of ketones is 1. The fourth-order valence-electron chi connectivity index (χ4n) is 5.15. The Morgan fingerprint density at radius 3 is 2.27 bits per heavy atom. The summed E-state index contributed by atoms with van der Waals surface area (Å²) < 4.78 is 63.2. The normalized spacial score (nSPS) is 11.8. The lowest BCUT2D eigenvalue weighted by Crippen LogP contribution is -2.23. The summed E-state index contributed by atoms with van der Waals surface area (Å²) >= 11 is 0. The number of aryl methyl sites for hydroxylation is 1. The number of nitrogens with zero attached hydrogens (tertiary/aromatic N) is 5. The molecule has 5 rings (SSSR count). The number of nitriles is 1. The van der Waals surface area contributed by atoms with Crippen LogP contribution in [0.3, 0.4) is 0 Å². The average molecular weight is 674 g/mol. The predicted molar refractivity (Wildman–Crippen MR) is 176 cm³/mol. The number of hydrazone groups is 1. The summed E-state index contributed by atoms with van der Waals surface area (Å²) in [4.78, 5) is 26.4. The monoisotopic (exact) mass is 673 g/mol. The van der Waals surface area contributed by atoms with Crippen molar-refractivity contribution >= 4 is 32.9 Å². The summed E-state index contributed by atoms with van der Waals surface area (Å²) in [5, 5.41) is 13.7. The molecule has 0 unspecified atom stereocenters. The Hall–Kier alpha value is -6.01. The second kappa shape index (κ2) is 13.4. The van der Waals surface area contributed by atoms with Gasteiger partial charge in [-0.3, -0.25) is 24.4 Å². The Bertz CT molecular complexity index is 2250. The van der Waals surface area contributed by atoms with E-state index in [9.17, 15) is 32.0 Å². The number of benzene rings is 3. The number of Topliss-reactive ketones (excluding diaryl/α,β-unsaturated/α-hetero) is 1. The van der Waals surface area contributed by atoms with Crippen LogP contribution in [-0.2, 0) is 17.1 Å². The number of carbonyl (C=O) groups excluding carboxylic acids is 1. The van der Waals surface area contributed by atoms with Crippen molar-refractivity contribution in [3.8, 4) is 23.2 Å². The molecule has 2 aromatic heterocycles. The molecular weight excluding hydrogens is 644 g/mol. The van der Waals surface area contributed by atoms with Gasteiger partial charge in [0.25, 0.3) is 15.6 Å². The third kappa shape index (κ3) is 6.60. The van der Waals surface area contributed by atoms with Crippen LogP contribution < -0.4 is 20.4 Å². The van der Waals surface area contributed by atoms with E-state index in [4.69, 9.17) is 0 Å². The number of alkyl halides is 2. The van der Waals surface area contributed by atoms with Crippen molar-refractivity contribution in [3.63, 3.8) is 0 Å². The standard InChI is InChI=1S/C33H29F2N7O5S/c1-20-17-28(21(2)41(20)24-13-15-26(16-14-24)47-33(34)35)31(43)29(19-36)38-37-23-9-8-12-27(18-23)48(45,46)39-30-22(3)40(4)42(32(30)44)25-10-6-5-7-11-25/h5-18,33,37,39H,1-4H3/b38-29-. The highest BCUT2D eigenvalue weighted by molar-refractivity contribution is 7.92. The molecule has 0 bridgehead atoms. The van der Waals surface area contributed by atoms with Gasteiger partial charge >= 0.3 is 6.61 Å². The molecule has 48 heavy (non-hydrogen) atoms. The topological polar surface area (TPSA) is 153 Å². The molecule has 5 aromatic rings. The van der Waals surface area contributed by atoms with E-state index in [1.54, 1.807) is 91.7 Å². The van der Waals surface area contributed by atoms with Crippen molar-refractivity contribution in [2.45, 2.75) is 32.3 Å². The van der Waals surface area contributed by atoms with Gasteiger partial charge in [0.1, 0.15) is 17.5 Å². The fourth-order valence-corrected chi connectivity index (χ4v) is 6.31. The number of para-hydroxylation sites is 1. The Kier molecular flexibility index (Phi) is 9.30. The molecule has 2 heterocycles. The van der Waals surface area contributed by atoms with Crippen LogP contribution in [0.15, 0.2) is 99.7 Å². The minimum absolute atomic E-state index is 0.0216. The van der Waals surface area contributed by atoms with Crippen molar-refractivity contribution in [1.82, 2.24) is 13.9 Å². The van der Waals surface area contributed by atoms with E-state index in [-0.39, 0.29) is 27.6 Å². The number of ether oxygens (including phenoxy) is 1. The van der Waals surface area contributed by atoms with Crippen molar-refractivity contribution in [3.05, 3.63) is 118 Å². The second-order valence-corrected chi connectivity index (χ2v) is 12.3. The first-order valence-corrected chi connectivity index (χ1v) is 15.8. The number of hydrogen-bond donors (Lipinski definition) is 2. The predicted octanol–water partition coefficient (Wildman–Crippen LogP) is 5.47. The number of hydrogen-bond acceptors (Lipinski definition) is 8. The SMILES string of the molecule is Cc1cc(C(=O)/C(C#N)=N\Nc2cccc(S(=O)(=O)Nc3c(C)n(C)n(-c4ccccc4)c3=O)c2)c(C)n1-c1ccc(OC(F)F)cc1. The van der Waals surface area contributed by atoms with Gasteiger partial charge in [-0.25, -0.2) is 13.1 Å². The summed E-state index contributed by atoms with van der Waals surface area (Å²) in [7, 11) is -2.62. The second-order valence-electron chi connectivity index (χ2n) is 10.6. The molecule has 0 fully saturated rings. The highest BCUT2D eigenvalue weighted by Crippen LogP contribution is 2.25. The smallest absolute Gasteiger partial charge is 0.387 e. The van der Waals surface area contributed by atoms with Gasteiger partial charge in [-0.05, 0) is 81.4 Å². The molecule has 0 saturated carbocycles. The van der Waals surface area contributed by atoms with Crippen LogP contribution in [0.2, 0.25) is 0 Å². The Morgan fingerprint density at radius 1 is 0.938 bits per heavy atom. The minimum Gasteiger partial charge on any atom is -0.435 e. The van der Waals surface area contributed by atoms with Gasteiger partial charge in [0.15, 0.2) is 0 Å². The molecule has 0 radical (unpaired) electrons. The number of halogens is 2. The molecule has 246 valence electrons. The molecule has 0 aliphatic heterocycles. The van der Waals surface area contributed by atoms with Crippen LogP contribution in [0.5, 0.6) is 5.75 Å². The maximum atomic E-state index is 13.4. The molecule has 12 nitrogen and oxygen atoms in total. The number of sulfonamides is 1. The Labute approximate surface area is 274 Å². The van der Waals surface area contributed by atoms with Crippen LogP contribution in [0, 0.1) is 32.1 Å². The molecule has 0 aliphatic carbocycles. The van der Waals surface area contributed by atoms with E-state index in [1.165, 1.54) is 41.1 Å². The van der Waals surface area contributed by atoms with E-state index in [0.717, 1.165) is 0 Å². The van der Waals surface area contributed by atoms with Gasteiger partial charge in [-0.1, -0.05) is 24.3 Å². The summed E-state index contributed by atoms with van der Waals surface area (Å²) in [6.45, 7) is 2.05. The lowest BCUT2D eigenvalue weighted by molar-refractivity contribution is -0.0498. The lowest BCUT2D eigenvalue weighted by atomic mass is 10.1. The summed E-state index contributed by atoms with van der Waals surface area (Å²) in [5.74, 6) is -0.714. The van der Waals surface area contributed by atoms with Gasteiger partial charge in [0, 0.05) is 29.7 Å². The van der Waals surface area contributed by atoms with Crippen LogP contribution in [0.25, 0.3) is 11.4 Å². The largest absolute Gasteiger partial charge is 0.435 e. The molecule has 0 spiro atoms. The average Bonchev–Trinajstić information content (AvgIpc) is 3.47. The first-order valence-electron chi connectivity index (χ1n) is 14.3. The highest BCUT2D eigenvalue weighted by atomic mass is 32.2. The first-order chi connectivity index (χ1) is 22.8. The van der Waals surface area contributed by atoms with Crippen LogP contribution in [0.1, 0.15) is 27.4 Å². The zero-order valence-electron chi connectivity index (χ0n) is 26.1. The van der Waals surface area contributed by atoms with Crippen LogP contribution in [0.4, 0.5) is 20.2 Å². The number of carbonyl (C=O) groups is 1. The quantitative estimate of drug-likeness (QED) is 0.107. The third-order valence-electron chi connectivity index (χ3n) is 7.55. The molecule has 0 atom stereocenters. The Balaban J connectivity index is 1.37. The van der Waals surface area contributed by atoms with Gasteiger partial charge < -0.3 is 9.30 Å². The maximum absolute atomic E-state index is 13.4. The van der Waals surface area contributed by atoms with Crippen LogP contribution >= 0.6 is 0 Å². The van der Waals surface area contributed by atoms with Crippen molar-refractivity contribution in [1.29, 1.82) is 5.26 Å².